The molecule has 1 aromatic rings. The molecule has 0 fully saturated rings. The molecule has 7 heteroatoms. The second kappa shape index (κ2) is 4.96. The Balaban J connectivity index is 3.46. The summed E-state index contributed by atoms with van der Waals surface area (Å²) in [5.74, 6) is -0.788. The summed E-state index contributed by atoms with van der Waals surface area (Å²) in [6, 6.07) is 2.68. The average molecular weight is 303 g/mol. The Kier molecular flexibility index (Phi) is 4.03. The molecule has 0 aliphatic rings. The van der Waals surface area contributed by atoms with Gasteiger partial charge in [0, 0.05) is 0 Å². The molecule has 17 heavy (non-hydrogen) atoms. The number of carbonyl (C=O) groups excluding carboxylic acids is 1. The monoisotopic (exact) mass is 303 g/mol. The van der Waals surface area contributed by atoms with Crippen LogP contribution >= 0.6 is 0 Å². The van der Waals surface area contributed by atoms with Gasteiger partial charge in [0.1, 0.15) is 0 Å². The molecule has 0 radical (unpaired) electrons. The van der Waals surface area contributed by atoms with Gasteiger partial charge in [-0.15, -0.1) is 0 Å². The van der Waals surface area contributed by atoms with Crippen molar-refractivity contribution in [3.05, 3.63) is 17.7 Å². The molecule has 0 spiro atoms. The van der Waals surface area contributed by atoms with Gasteiger partial charge in [-0.1, -0.05) is 0 Å². The zero-order valence-electron chi connectivity index (χ0n) is 9.47. The van der Waals surface area contributed by atoms with Gasteiger partial charge in [0.2, 0.25) is 0 Å². The van der Waals surface area contributed by atoms with E-state index in [9.17, 15) is 21.8 Å². The molecule has 0 aliphatic heterocycles. The van der Waals surface area contributed by atoms with E-state index in [2.05, 4.69) is 5.32 Å². The third-order valence-corrected chi connectivity index (χ3v) is 4.33. The number of rotatable bonds is 3. The van der Waals surface area contributed by atoms with Gasteiger partial charge in [0.25, 0.3) is 0 Å². The minimum atomic E-state index is -5.18. The van der Waals surface area contributed by atoms with E-state index in [0.29, 0.717) is 12.0 Å². The second-order valence-electron chi connectivity index (χ2n) is 3.55. The molecule has 0 bridgehead atoms. The fourth-order valence-electron chi connectivity index (χ4n) is 1.45. The summed E-state index contributed by atoms with van der Waals surface area (Å²) < 4.78 is 29.3. The molecule has 0 saturated heterocycles. The van der Waals surface area contributed by atoms with Crippen LogP contribution in [0.2, 0.25) is 0 Å². The van der Waals surface area contributed by atoms with Crippen LogP contribution in [0.5, 0.6) is 5.75 Å². The van der Waals surface area contributed by atoms with Crippen molar-refractivity contribution in [3.8, 4) is 5.75 Å². The van der Waals surface area contributed by atoms with Crippen LogP contribution in [-0.4, -0.2) is 33.4 Å². The molecular weight excluding hydrogens is 289 g/mol. The Hall–Kier alpha value is -1.23. The summed E-state index contributed by atoms with van der Waals surface area (Å²) in [7, 11) is 0. The molecular formula is C10H14AsNO5. The van der Waals surface area contributed by atoms with Crippen LogP contribution in [-0.2, 0) is 15.0 Å². The summed E-state index contributed by atoms with van der Waals surface area (Å²) in [4.78, 5) is 11.0. The summed E-state index contributed by atoms with van der Waals surface area (Å²) in [6.07, 6.45) is 0.493. The number of aromatic hydroxyl groups is 1. The van der Waals surface area contributed by atoms with Gasteiger partial charge in [-0.05, 0) is 0 Å². The SMILES string of the molecule is CCc1ccc([As](=O)(O)O)c(NC(C)=O)c1O. The molecule has 0 atom stereocenters. The number of anilines is 1. The van der Waals surface area contributed by atoms with Crippen molar-refractivity contribution >= 4 is 30.1 Å². The molecule has 4 N–H and O–H groups in total. The number of hydrogen-bond acceptors (Lipinski definition) is 3. The molecule has 0 unspecified atom stereocenters. The Morgan fingerprint density at radius 3 is 2.41 bits per heavy atom. The standard InChI is InChI=1S/C10H14AsNO5/c1-3-7-4-5-8(11(15,16)17)9(10(7)14)12-6(2)13/h4-5,14H,3H2,1-2H3,(H,12,13)(H2,15,16,17). The van der Waals surface area contributed by atoms with Crippen LogP contribution in [0.25, 0.3) is 0 Å². The van der Waals surface area contributed by atoms with Crippen molar-refractivity contribution in [2.24, 2.45) is 0 Å². The third kappa shape index (κ3) is 3.12. The third-order valence-electron chi connectivity index (χ3n) is 2.24. The van der Waals surface area contributed by atoms with E-state index < -0.39 is 20.1 Å². The number of nitrogens with one attached hydrogen (secondary N) is 1. The van der Waals surface area contributed by atoms with Crippen LogP contribution in [0, 0.1) is 0 Å². The van der Waals surface area contributed by atoms with Crippen LogP contribution in [0.4, 0.5) is 5.69 Å². The van der Waals surface area contributed by atoms with Crippen molar-refractivity contribution in [3.63, 3.8) is 0 Å². The van der Waals surface area contributed by atoms with E-state index in [1.807, 2.05) is 0 Å². The van der Waals surface area contributed by atoms with Gasteiger partial charge in [-0.2, -0.15) is 0 Å². The first-order valence-corrected chi connectivity index (χ1v) is 8.34. The number of aryl methyl sites for hydroxylation is 1. The number of benzene rings is 1. The Bertz CT molecular complexity index is 494. The fourth-order valence-corrected chi connectivity index (χ4v) is 2.97. The van der Waals surface area contributed by atoms with Crippen molar-refractivity contribution in [2.45, 2.75) is 20.3 Å². The Morgan fingerprint density at radius 2 is 2.00 bits per heavy atom. The van der Waals surface area contributed by atoms with E-state index in [4.69, 9.17) is 0 Å². The van der Waals surface area contributed by atoms with Crippen molar-refractivity contribution < 1.29 is 21.8 Å². The van der Waals surface area contributed by atoms with E-state index in [-0.39, 0.29) is 15.8 Å². The summed E-state index contributed by atoms with van der Waals surface area (Å²) in [6.45, 7) is 2.99. The van der Waals surface area contributed by atoms with E-state index in [1.165, 1.54) is 19.1 Å². The molecule has 0 aliphatic carbocycles. The first-order chi connectivity index (χ1) is 7.77. The molecule has 0 aromatic heterocycles. The zero-order valence-corrected chi connectivity index (χ0v) is 11.3. The summed E-state index contributed by atoms with van der Waals surface area (Å²) in [5, 5.41) is 12.1. The number of hydrogen-bond donors (Lipinski definition) is 4. The van der Waals surface area contributed by atoms with Gasteiger partial charge in [-0.3, -0.25) is 0 Å². The molecule has 94 valence electrons. The van der Waals surface area contributed by atoms with Gasteiger partial charge in [0.15, 0.2) is 0 Å². The van der Waals surface area contributed by atoms with Gasteiger partial charge in [0.05, 0.1) is 0 Å². The number of amides is 1. The quantitative estimate of drug-likeness (QED) is 0.444. The van der Waals surface area contributed by atoms with Crippen LogP contribution in [0.15, 0.2) is 12.1 Å². The topological polar surface area (TPSA) is 107 Å². The molecule has 1 amide bonds. The predicted octanol–water partition coefficient (Wildman–Crippen LogP) is -0.526. The maximum atomic E-state index is 11.3. The molecule has 6 nitrogen and oxygen atoms in total. The van der Waals surface area contributed by atoms with Gasteiger partial charge < -0.3 is 0 Å². The normalized spacial score (nSPS) is 11.3. The van der Waals surface area contributed by atoms with E-state index in [0.717, 1.165) is 0 Å². The van der Waals surface area contributed by atoms with Crippen LogP contribution in [0.3, 0.4) is 0 Å². The molecule has 1 aromatic carbocycles. The second-order valence-corrected chi connectivity index (χ2v) is 6.84. The van der Waals surface area contributed by atoms with Gasteiger partial charge in [-0.25, -0.2) is 0 Å². The number of phenols is 1. The maximum absolute atomic E-state index is 11.3. The number of phenolic OH excluding ortho intramolecular Hbond substituents is 1. The van der Waals surface area contributed by atoms with Crippen LogP contribution in [0.1, 0.15) is 19.4 Å². The zero-order chi connectivity index (χ0) is 13.2. The van der Waals surface area contributed by atoms with E-state index in [1.54, 1.807) is 6.92 Å². The summed E-state index contributed by atoms with van der Waals surface area (Å²) >= 11 is -5.18. The van der Waals surface area contributed by atoms with Crippen molar-refractivity contribution in [1.29, 1.82) is 0 Å². The molecule has 1 rings (SSSR count). The average Bonchev–Trinajstić information content (AvgIpc) is 2.18. The predicted molar refractivity (Wildman–Crippen MR) is 62.3 cm³/mol. The number of carbonyl (C=O) groups is 1. The van der Waals surface area contributed by atoms with E-state index >= 15 is 0 Å². The Labute approximate surface area is 101 Å². The van der Waals surface area contributed by atoms with Crippen molar-refractivity contribution in [2.75, 3.05) is 5.32 Å². The first kappa shape index (κ1) is 13.8. The fraction of sp³-hybridized carbons (Fsp3) is 0.300. The molecule has 0 saturated carbocycles. The first-order valence-electron chi connectivity index (χ1n) is 4.96. The summed E-state index contributed by atoms with van der Waals surface area (Å²) in [5.41, 5.74) is 0.325. The Morgan fingerprint density at radius 1 is 1.41 bits per heavy atom. The van der Waals surface area contributed by atoms with Crippen LogP contribution < -0.4 is 9.67 Å². The van der Waals surface area contributed by atoms with Gasteiger partial charge >= 0.3 is 101 Å². The minimum absolute atomic E-state index is 0.190. The van der Waals surface area contributed by atoms with Crippen molar-refractivity contribution in [1.82, 2.24) is 0 Å². The molecule has 0 heterocycles.